The van der Waals surface area contributed by atoms with Crippen molar-refractivity contribution in [2.24, 2.45) is 0 Å². The van der Waals surface area contributed by atoms with Crippen LogP contribution in [0.2, 0.25) is 0 Å². The summed E-state index contributed by atoms with van der Waals surface area (Å²) in [6, 6.07) is 11.0. The summed E-state index contributed by atoms with van der Waals surface area (Å²) in [6.07, 6.45) is 3.62. The van der Waals surface area contributed by atoms with E-state index in [-0.39, 0.29) is 0 Å². The fourth-order valence-electron chi connectivity index (χ4n) is 2.60. The molecule has 4 rings (SSSR count). The number of aromatic nitrogens is 3. The van der Waals surface area contributed by atoms with Gasteiger partial charge in [0.05, 0.1) is 11.1 Å². The van der Waals surface area contributed by atoms with E-state index < -0.39 is 0 Å². The summed E-state index contributed by atoms with van der Waals surface area (Å²) in [4.78, 5) is 4.53. The minimum atomic E-state index is 0.481. The third kappa shape index (κ3) is 2.24. The van der Waals surface area contributed by atoms with Gasteiger partial charge in [0.25, 0.3) is 5.89 Å². The lowest BCUT2D eigenvalue weighted by Crippen LogP contribution is -2.27. The summed E-state index contributed by atoms with van der Waals surface area (Å²) < 4.78 is 5.78. The largest absolute Gasteiger partial charge is 0.403 e. The Kier molecular flexibility index (Phi) is 2.84. The van der Waals surface area contributed by atoms with E-state index in [9.17, 15) is 0 Å². The number of pyridine rings is 1. The maximum Gasteiger partial charge on any atom is 0.315 e. The summed E-state index contributed by atoms with van der Waals surface area (Å²) in [6.45, 7) is 1.97. The van der Waals surface area contributed by atoms with Gasteiger partial charge in [0.1, 0.15) is 0 Å². The smallest absolute Gasteiger partial charge is 0.315 e. The first-order valence-corrected chi connectivity index (χ1v) is 7.26. The molecular weight excluding hydrogens is 264 g/mol. The number of para-hydroxylation sites is 1. The Balaban J connectivity index is 1.75. The topological polar surface area (TPSA) is 63.8 Å². The number of rotatable bonds is 3. The molecule has 0 amide bonds. The van der Waals surface area contributed by atoms with E-state index in [1.165, 1.54) is 19.3 Å². The van der Waals surface area contributed by atoms with E-state index in [1.54, 1.807) is 0 Å². The van der Waals surface area contributed by atoms with Crippen LogP contribution in [-0.2, 0) is 0 Å². The van der Waals surface area contributed by atoms with Gasteiger partial charge in [0.2, 0.25) is 0 Å². The van der Waals surface area contributed by atoms with Gasteiger partial charge in [-0.05, 0) is 38.3 Å². The number of fused-ring (bicyclic) bond motifs is 1. The number of aryl methyl sites for hydroxylation is 1. The maximum atomic E-state index is 5.78. The van der Waals surface area contributed by atoms with Crippen LogP contribution in [0.25, 0.3) is 22.4 Å². The SMILES string of the molecule is Cc1cc(-c2nnc(NC3CCC3)o2)c2ccccc2n1. The van der Waals surface area contributed by atoms with Gasteiger partial charge in [0.15, 0.2) is 0 Å². The van der Waals surface area contributed by atoms with Crippen LogP contribution in [0.4, 0.5) is 6.01 Å². The first kappa shape index (κ1) is 12.3. The molecule has 1 aliphatic rings. The number of benzene rings is 1. The van der Waals surface area contributed by atoms with Crippen molar-refractivity contribution in [3.05, 3.63) is 36.0 Å². The highest BCUT2D eigenvalue weighted by molar-refractivity contribution is 5.92. The Labute approximate surface area is 122 Å². The van der Waals surface area contributed by atoms with Crippen molar-refractivity contribution in [2.45, 2.75) is 32.2 Å². The van der Waals surface area contributed by atoms with Crippen LogP contribution in [0.5, 0.6) is 0 Å². The first-order chi connectivity index (χ1) is 10.3. The highest BCUT2D eigenvalue weighted by atomic mass is 16.4. The average Bonchev–Trinajstić information content (AvgIpc) is 2.90. The molecule has 5 nitrogen and oxygen atoms in total. The number of hydrogen-bond acceptors (Lipinski definition) is 5. The molecule has 106 valence electrons. The van der Waals surface area contributed by atoms with Crippen LogP contribution in [-0.4, -0.2) is 21.2 Å². The van der Waals surface area contributed by atoms with E-state index >= 15 is 0 Å². The second-order valence-electron chi connectivity index (χ2n) is 5.51. The van der Waals surface area contributed by atoms with Gasteiger partial charge in [-0.3, -0.25) is 4.98 Å². The molecule has 1 fully saturated rings. The summed E-state index contributed by atoms with van der Waals surface area (Å²) in [5.74, 6) is 0.540. The molecular formula is C16H16N4O. The van der Waals surface area contributed by atoms with Gasteiger partial charge in [-0.25, -0.2) is 0 Å². The van der Waals surface area contributed by atoms with Crippen molar-refractivity contribution in [3.8, 4) is 11.5 Å². The van der Waals surface area contributed by atoms with Crippen molar-refractivity contribution >= 4 is 16.9 Å². The highest BCUT2D eigenvalue weighted by Crippen LogP contribution is 2.29. The fourth-order valence-corrected chi connectivity index (χ4v) is 2.60. The molecule has 5 heteroatoms. The Bertz CT molecular complexity index is 792. The molecule has 1 aromatic carbocycles. The number of nitrogens with one attached hydrogen (secondary N) is 1. The summed E-state index contributed by atoms with van der Waals surface area (Å²) in [5, 5.41) is 12.6. The van der Waals surface area contributed by atoms with Gasteiger partial charge >= 0.3 is 6.01 Å². The molecule has 0 spiro atoms. The van der Waals surface area contributed by atoms with Crippen LogP contribution in [0, 0.1) is 6.92 Å². The van der Waals surface area contributed by atoms with Crippen molar-refractivity contribution in [3.63, 3.8) is 0 Å². The third-order valence-corrected chi connectivity index (χ3v) is 3.93. The lowest BCUT2D eigenvalue weighted by atomic mass is 9.93. The zero-order valence-electron chi connectivity index (χ0n) is 11.8. The molecule has 2 aromatic heterocycles. The standard InChI is InChI=1S/C16H16N4O/c1-10-9-13(12-7-2-3-8-14(12)17-10)15-19-20-16(21-15)18-11-5-4-6-11/h2-3,7-9,11H,4-6H2,1H3,(H,18,20). The van der Waals surface area contributed by atoms with Crippen LogP contribution in [0.3, 0.4) is 0 Å². The van der Waals surface area contributed by atoms with Crippen LogP contribution >= 0.6 is 0 Å². The van der Waals surface area contributed by atoms with E-state index in [1.807, 2.05) is 37.3 Å². The molecule has 2 heterocycles. The number of nitrogens with zero attached hydrogens (tertiary/aromatic N) is 3. The van der Waals surface area contributed by atoms with Crippen LogP contribution in [0.15, 0.2) is 34.7 Å². The molecule has 1 aliphatic carbocycles. The Morgan fingerprint density at radius 2 is 2.05 bits per heavy atom. The summed E-state index contributed by atoms with van der Waals surface area (Å²) >= 11 is 0. The van der Waals surface area contributed by atoms with E-state index in [2.05, 4.69) is 20.5 Å². The highest BCUT2D eigenvalue weighted by Gasteiger charge is 2.20. The lowest BCUT2D eigenvalue weighted by molar-refractivity contribution is 0.430. The summed E-state index contributed by atoms with van der Waals surface area (Å²) in [7, 11) is 0. The average molecular weight is 280 g/mol. The lowest BCUT2D eigenvalue weighted by Gasteiger charge is -2.24. The second kappa shape index (κ2) is 4.84. The first-order valence-electron chi connectivity index (χ1n) is 7.26. The third-order valence-electron chi connectivity index (χ3n) is 3.93. The van der Waals surface area contributed by atoms with Gasteiger partial charge in [-0.15, -0.1) is 5.10 Å². The van der Waals surface area contributed by atoms with Gasteiger partial charge in [0, 0.05) is 17.1 Å². The number of hydrogen-bond donors (Lipinski definition) is 1. The maximum absolute atomic E-state index is 5.78. The molecule has 0 atom stereocenters. The van der Waals surface area contributed by atoms with Crippen molar-refractivity contribution in [1.82, 2.24) is 15.2 Å². The molecule has 3 aromatic rings. The molecule has 21 heavy (non-hydrogen) atoms. The molecule has 1 N–H and O–H groups in total. The van der Waals surface area contributed by atoms with Gasteiger partial charge in [-0.2, -0.15) is 0 Å². The zero-order chi connectivity index (χ0) is 14.2. The minimum Gasteiger partial charge on any atom is -0.403 e. The molecule has 0 radical (unpaired) electrons. The van der Waals surface area contributed by atoms with E-state index in [4.69, 9.17) is 4.42 Å². The molecule has 0 saturated heterocycles. The number of anilines is 1. The Morgan fingerprint density at radius 1 is 1.19 bits per heavy atom. The zero-order valence-corrected chi connectivity index (χ0v) is 11.8. The van der Waals surface area contributed by atoms with Crippen molar-refractivity contribution in [1.29, 1.82) is 0 Å². The van der Waals surface area contributed by atoms with Crippen molar-refractivity contribution in [2.75, 3.05) is 5.32 Å². The predicted octanol–water partition coefficient (Wildman–Crippen LogP) is 3.56. The molecule has 0 unspecified atom stereocenters. The molecule has 0 aliphatic heterocycles. The minimum absolute atomic E-state index is 0.481. The fraction of sp³-hybridized carbons (Fsp3) is 0.312. The van der Waals surface area contributed by atoms with Crippen LogP contribution in [0.1, 0.15) is 25.0 Å². The van der Waals surface area contributed by atoms with Crippen molar-refractivity contribution < 1.29 is 4.42 Å². The second-order valence-corrected chi connectivity index (χ2v) is 5.51. The van der Waals surface area contributed by atoms with E-state index in [0.29, 0.717) is 17.9 Å². The quantitative estimate of drug-likeness (QED) is 0.794. The molecule has 1 saturated carbocycles. The van der Waals surface area contributed by atoms with Gasteiger partial charge < -0.3 is 9.73 Å². The summed E-state index contributed by atoms with van der Waals surface area (Å²) in [5.41, 5.74) is 2.82. The Hall–Kier alpha value is -2.43. The van der Waals surface area contributed by atoms with Gasteiger partial charge in [-0.1, -0.05) is 23.3 Å². The van der Waals surface area contributed by atoms with E-state index in [0.717, 1.165) is 22.2 Å². The monoisotopic (exact) mass is 280 g/mol. The molecule has 0 bridgehead atoms. The van der Waals surface area contributed by atoms with Crippen LogP contribution < -0.4 is 5.32 Å². The predicted molar refractivity (Wildman–Crippen MR) is 81.0 cm³/mol. The Morgan fingerprint density at radius 3 is 2.86 bits per heavy atom. The normalized spacial score (nSPS) is 15.1.